The molecule has 0 radical (unpaired) electrons. The predicted octanol–water partition coefficient (Wildman–Crippen LogP) is 0.508. The number of methoxy groups -OCH3 is 1. The molecule has 7 nitrogen and oxygen atoms in total. The standard InChI is InChI=1S/C15H25N5O2/c1-11-7-18-20(8-11)6-5-17-15(16-3)19-9-12(2)13(10-19)14(21)22-4/h7-8,12-13H,5-6,9-10H2,1-4H3,(H,16,17). The molecule has 22 heavy (non-hydrogen) atoms. The number of hydrogen-bond acceptors (Lipinski definition) is 4. The maximum Gasteiger partial charge on any atom is 0.310 e. The highest BCUT2D eigenvalue weighted by atomic mass is 16.5. The van der Waals surface area contributed by atoms with Gasteiger partial charge in [0.25, 0.3) is 0 Å². The number of nitrogens with one attached hydrogen (secondary N) is 1. The number of likely N-dealkylation sites (tertiary alicyclic amines) is 1. The van der Waals surface area contributed by atoms with Crippen molar-refractivity contribution in [2.45, 2.75) is 20.4 Å². The number of hydrogen-bond donors (Lipinski definition) is 1. The monoisotopic (exact) mass is 307 g/mol. The van der Waals surface area contributed by atoms with E-state index < -0.39 is 0 Å². The van der Waals surface area contributed by atoms with Crippen LogP contribution in [0.2, 0.25) is 0 Å². The van der Waals surface area contributed by atoms with E-state index in [1.807, 2.05) is 24.0 Å². The summed E-state index contributed by atoms with van der Waals surface area (Å²) in [6.45, 7) is 7.06. The van der Waals surface area contributed by atoms with Crippen LogP contribution in [0.4, 0.5) is 0 Å². The number of aromatic nitrogens is 2. The minimum absolute atomic E-state index is 0.0858. The molecular formula is C15H25N5O2. The van der Waals surface area contributed by atoms with Crippen LogP contribution in [0.5, 0.6) is 0 Å². The first-order valence-electron chi connectivity index (χ1n) is 7.57. The van der Waals surface area contributed by atoms with Gasteiger partial charge in [-0.2, -0.15) is 5.10 Å². The Morgan fingerprint density at radius 2 is 2.32 bits per heavy atom. The summed E-state index contributed by atoms with van der Waals surface area (Å²) >= 11 is 0. The third-order valence-corrected chi connectivity index (χ3v) is 4.01. The molecule has 1 aliphatic heterocycles. The Bertz CT molecular complexity index is 540. The summed E-state index contributed by atoms with van der Waals surface area (Å²) in [5.74, 6) is 0.858. The largest absolute Gasteiger partial charge is 0.469 e. The first-order valence-corrected chi connectivity index (χ1v) is 7.57. The Morgan fingerprint density at radius 3 is 2.91 bits per heavy atom. The summed E-state index contributed by atoms with van der Waals surface area (Å²) in [4.78, 5) is 18.2. The van der Waals surface area contributed by atoms with Crippen LogP contribution in [0.15, 0.2) is 17.4 Å². The van der Waals surface area contributed by atoms with Crippen molar-refractivity contribution in [3.8, 4) is 0 Å². The van der Waals surface area contributed by atoms with Gasteiger partial charge in [0.1, 0.15) is 0 Å². The molecule has 0 bridgehead atoms. The second-order valence-corrected chi connectivity index (χ2v) is 5.77. The molecule has 1 fully saturated rings. The van der Waals surface area contributed by atoms with Crippen LogP contribution in [0.3, 0.4) is 0 Å². The third kappa shape index (κ3) is 3.78. The first kappa shape index (κ1) is 16.3. The lowest BCUT2D eigenvalue weighted by Crippen LogP contribution is -2.41. The molecule has 2 heterocycles. The maximum atomic E-state index is 11.8. The highest BCUT2D eigenvalue weighted by Crippen LogP contribution is 2.23. The van der Waals surface area contributed by atoms with E-state index in [2.05, 4.69) is 27.2 Å². The second-order valence-electron chi connectivity index (χ2n) is 5.77. The van der Waals surface area contributed by atoms with Gasteiger partial charge in [0.2, 0.25) is 0 Å². The van der Waals surface area contributed by atoms with Gasteiger partial charge in [0, 0.05) is 32.9 Å². The van der Waals surface area contributed by atoms with Crippen LogP contribution >= 0.6 is 0 Å². The van der Waals surface area contributed by atoms with Gasteiger partial charge in [-0.25, -0.2) is 0 Å². The van der Waals surface area contributed by atoms with Gasteiger partial charge in [-0.15, -0.1) is 0 Å². The molecule has 0 spiro atoms. The van der Waals surface area contributed by atoms with E-state index in [4.69, 9.17) is 4.74 Å². The Hall–Kier alpha value is -2.05. The number of rotatable bonds is 4. The van der Waals surface area contributed by atoms with Gasteiger partial charge >= 0.3 is 5.97 Å². The van der Waals surface area contributed by atoms with Gasteiger partial charge in [-0.1, -0.05) is 6.92 Å². The smallest absolute Gasteiger partial charge is 0.310 e. The van der Waals surface area contributed by atoms with E-state index in [0.717, 1.165) is 31.2 Å². The average molecular weight is 307 g/mol. The van der Waals surface area contributed by atoms with E-state index >= 15 is 0 Å². The van der Waals surface area contributed by atoms with Crippen molar-refractivity contribution in [3.05, 3.63) is 18.0 Å². The Labute approximate surface area is 131 Å². The zero-order valence-corrected chi connectivity index (χ0v) is 13.7. The number of esters is 1. The van der Waals surface area contributed by atoms with Crippen molar-refractivity contribution in [1.29, 1.82) is 0 Å². The fraction of sp³-hybridized carbons (Fsp3) is 0.667. The quantitative estimate of drug-likeness (QED) is 0.498. The molecular weight excluding hydrogens is 282 g/mol. The molecule has 0 amide bonds. The summed E-state index contributed by atoms with van der Waals surface area (Å²) in [5, 5.41) is 7.59. The van der Waals surface area contributed by atoms with Crippen LogP contribution in [0.25, 0.3) is 0 Å². The number of aryl methyl sites for hydroxylation is 1. The number of carbonyl (C=O) groups is 1. The lowest BCUT2D eigenvalue weighted by molar-refractivity contribution is -0.145. The Kier molecular flexibility index (Phi) is 5.41. The molecule has 0 aromatic carbocycles. The molecule has 0 saturated carbocycles. The molecule has 1 N–H and O–H groups in total. The summed E-state index contributed by atoms with van der Waals surface area (Å²) in [7, 11) is 3.20. The van der Waals surface area contributed by atoms with Gasteiger partial charge in [0.05, 0.1) is 25.8 Å². The molecule has 2 rings (SSSR count). The minimum atomic E-state index is -0.141. The highest BCUT2D eigenvalue weighted by Gasteiger charge is 2.36. The molecule has 1 aromatic rings. The fourth-order valence-electron chi connectivity index (χ4n) is 2.80. The zero-order valence-electron chi connectivity index (χ0n) is 13.7. The number of aliphatic imine (C=N–C) groups is 1. The Balaban J connectivity index is 1.86. The third-order valence-electron chi connectivity index (χ3n) is 4.01. The molecule has 122 valence electrons. The molecule has 1 saturated heterocycles. The maximum absolute atomic E-state index is 11.8. The molecule has 0 aliphatic carbocycles. The lowest BCUT2D eigenvalue weighted by atomic mass is 9.99. The van der Waals surface area contributed by atoms with E-state index in [0.29, 0.717) is 6.54 Å². The van der Waals surface area contributed by atoms with Crippen LogP contribution in [0, 0.1) is 18.8 Å². The highest BCUT2D eigenvalue weighted by molar-refractivity contribution is 5.82. The van der Waals surface area contributed by atoms with Gasteiger partial charge in [-0.3, -0.25) is 14.5 Å². The van der Waals surface area contributed by atoms with Crippen LogP contribution in [0.1, 0.15) is 12.5 Å². The molecule has 2 atom stereocenters. The molecule has 1 aromatic heterocycles. The van der Waals surface area contributed by atoms with E-state index in [9.17, 15) is 4.79 Å². The van der Waals surface area contributed by atoms with Gasteiger partial charge < -0.3 is 15.0 Å². The fourth-order valence-corrected chi connectivity index (χ4v) is 2.80. The van der Waals surface area contributed by atoms with Gasteiger partial charge in [0.15, 0.2) is 5.96 Å². The number of nitrogens with zero attached hydrogens (tertiary/aromatic N) is 4. The normalized spacial score (nSPS) is 22.0. The summed E-state index contributed by atoms with van der Waals surface area (Å²) in [6.07, 6.45) is 3.85. The summed E-state index contributed by atoms with van der Waals surface area (Å²) in [5.41, 5.74) is 1.15. The van der Waals surface area contributed by atoms with Crippen molar-refractivity contribution in [2.75, 3.05) is 33.8 Å². The summed E-state index contributed by atoms with van der Waals surface area (Å²) < 4.78 is 6.77. The number of ether oxygens (including phenoxy) is 1. The van der Waals surface area contributed by atoms with E-state index in [-0.39, 0.29) is 17.8 Å². The van der Waals surface area contributed by atoms with Crippen molar-refractivity contribution in [2.24, 2.45) is 16.8 Å². The van der Waals surface area contributed by atoms with Crippen molar-refractivity contribution >= 4 is 11.9 Å². The van der Waals surface area contributed by atoms with E-state index in [1.165, 1.54) is 7.11 Å². The van der Waals surface area contributed by atoms with Crippen LogP contribution in [-0.4, -0.2) is 60.4 Å². The predicted molar refractivity (Wildman–Crippen MR) is 84.6 cm³/mol. The summed E-state index contributed by atoms with van der Waals surface area (Å²) in [6, 6.07) is 0. The average Bonchev–Trinajstić information content (AvgIpc) is 3.09. The molecule has 7 heteroatoms. The topological polar surface area (TPSA) is 71.8 Å². The van der Waals surface area contributed by atoms with Crippen molar-refractivity contribution in [3.63, 3.8) is 0 Å². The van der Waals surface area contributed by atoms with Gasteiger partial charge in [-0.05, 0) is 18.4 Å². The SMILES string of the molecule is CN=C(NCCn1cc(C)cn1)N1CC(C)C(C(=O)OC)C1. The lowest BCUT2D eigenvalue weighted by Gasteiger charge is -2.21. The second kappa shape index (κ2) is 7.29. The zero-order chi connectivity index (χ0) is 16.1. The van der Waals surface area contributed by atoms with Crippen LogP contribution < -0.4 is 5.32 Å². The van der Waals surface area contributed by atoms with Crippen molar-refractivity contribution in [1.82, 2.24) is 20.0 Å². The Morgan fingerprint density at radius 1 is 1.55 bits per heavy atom. The van der Waals surface area contributed by atoms with E-state index in [1.54, 1.807) is 7.05 Å². The molecule has 1 aliphatic rings. The number of guanidine groups is 1. The van der Waals surface area contributed by atoms with Crippen LogP contribution in [-0.2, 0) is 16.1 Å². The van der Waals surface area contributed by atoms with Crippen molar-refractivity contribution < 1.29 is 9.53 Å². The number of carbonyl (C=O) groups excluding carboxylic acids is 1. The minimum Gasteiger partial charge on any atom is -0.469 e. The molecule has 2 unspecified atom stereocenters. The first-order chi connectivity index (χ1) is 10.5.